The third-order valence-electron chi connectivity index (χ3n) is 1.69. The molecule has 1 unspecified atom stereocenters. The number of guanidine groups is 1. The Labute approximate surface area is 71.0 Å². The highest BCUT2D eigenvalue weighted by atomic mass is 16.5. The predicted molar refractivity (Wildman–Crippen MR) is 44.7 cm³/mol. The van der Waals surface area contributed by atoms with E-state index in [0.717, 1.165) is 0 Å². The minimum Gasteiger partial charge on any atom is -0.379 e. The fourth-order valence-corrected chi connectivity index (χ4v) is 0.994. The van der Waals surface area contributed by atoms with Crippen LogP contribution < -0.4 is 11.1 Å². The van der Waals surface area contributed by atoms with Crippen molar-refractivity contribution in [3.05, 3.63) is 0 Å². The van der Waals surface area contributed by atoms with E-state index in [4.69, 9.17) is 10.5 Å². The second-order valence-corrected chi connectivity index (χ2v) is 2.86. The van der Waals surface area contributed by atoms with Crippen LogP contribution in [-0.2, 0) is 9.53 Å². The van der Waals surface area contributed by atoms with Crippen LogP contribution in [0.4, 0.5) is 0 Å². The van der Waals surface area contributed by atoms with E-state index in [1.807, 2.05) is 6.92 Å². The Balaban J connectivity index is 2.63. The number of aliphatic imine (C=N–C) groups is 1. The van der Waals surface area contributed by atoms with Crippen LogP contribution >= 0.6 is 0 Å². The van der Waals surface area contributed by atoms with Gasteiger partial charge in [0.1, 0.15) is 0 Å². The molecule has 5 heteroatoms. The number of nitrogens with two attached hydrogens (primary N) is 1. The van der Waals surface area contributed by atoms with Crippen molar-refractivity contribution in [1.82, 2.24) is 5.32 Å². The molecule has 0 aromatic heterocycles. The van der Waals surface area contributed by atoms with Gasteiger partial charge in [0.25, 0.3) is 5.91 Å². The van der Waals surface area contributed by atoms with Gasteiger partial charge in [-0.3, -0.25) is 10.1 Å². The molecule has 1 rings (SSSR count). The van der Waals surface area contributed by atoms with Crippen molar-refractivity contribution in [2.75, 3.05) is 13.2 Å². The second kappa shape index (κ2) is 3.10. The minimum atomic E-state index is -0.833. The van der Waals surface area contributed by atoms with Crippen molar-refractivity contribution in [2.24, 2.45) is 10.7 Å². The summed E-state index contributed by atoms with van der Waals surface area (Å²) >= 11 is 0. The summed E-state index contributed by atoms with van der Waals surface area (Å²) in [6.45, 7) is 4.40. The third-order valence-corrected chi connectivity index (χ3v) is 1.69. The molecule has 1 heterocycles. The first-order chi connectivity index (χ1) is 5.58. The number of hydrogen-bond donors (Lipinski definition) is 2. The summed E-state index contributed by atoms with van der Waals surface area (Å²) in [5.41, 5.74) is 4.50. The lowest BCUT2D eigenvalue weighted by molar-refractivity contribution is -0.125. The van der Waals surface area contributed by atoms with Crippen LogP contribution in [0.3, 0.4) is 0 Å². The van der Waals surface area contributed by atoms with E-state index in [1.165, 1.54) is 0 Å². The van der Waals surface area contributed by atoms with Gasteiger partial charge in [0.2, 0.25) is 0 Å². The zero-order valence-electron chi connectivity index (χ0n) is 7.26. The Hall–Kier alpha value is -1.10. The number of ether oxygens (including phenoxy) is 1. The predicted octanol–water partition coefficient (Wildman–Crippen LogP) is -0.774. The first-order valence-corrected chi connectivity index (χ1v) is 3.83. The molecule has 0 fully saturated rings. The van der Waals surface area contributed by atoms with Gasteiger partial charge in [-0.05, 0) is 13.8 Å². The SMILES string of the molecule is CCOCC1(C)N=C(N)NC1=O. The molecule has 0 spiro atoms. The highest BCUT2D eigenvalue weighted by Crippen LogP contribution is 2.14. The van der Waals surface area contributed by atoms with E-state index >= 15 is 0 Å². The fraction of sp³-hybridized carbons (Fsp3) is 0.714. The summed E-state index contributed by atoms with van der Waals surface area (Å²) in [5.74, 6) is -0.0318. The fourth-order valence-electron chi connectivity index (χ4n) is 0.994. The van der Waals surface area contributed by atoms with E-state index in [-0.39, 0.29) is 18.5 Å². The summed E-state index contributed by atoms with van der Waals surface area (Å²) in [6.07, 6.45) is 0. The van der Waals surface area contributed by atoms with Gasteiger partial charge < -0.3 is 10.5 Å². The van der Waals surface area contributed by atoms with Crippen LogP contribution in [0.15, 0.2) is 4.99 Å². The maximum absolute atomic E-state index is 11.2. The van der Waals surface area contributed by atoms with Gasteiger partial charge in [-0.25, -0.2) is 4.99 Å². The lowest BCUT2D eigenvalue weighted by Crippen LogP contribution is -2.41. The molecule has 12 heavy (non-hydrogen) atoms. The van der Waals surface area contributed by atoms with Crippen LogP contribution in [0.5, 0.6) is 0 Å². The molecular weight excluding hydrogens is 158 g/mol. The lowest BCUT2D eigenvalue weighted by atomic mass is 10.1. The summed E-state index contributed by atoms with van der Waals surface area (Å²) in [5, 5.41) is 2.43. The molecule has 3 N–H and O–H groups in total. The van der Waals surface area contributed by atoms with E-state index in [1.54, 1.807) is 6.92 Å². The van der Waals surface area contributed by atoms with Crippen molar-refractivity contribution >= 4 is 11.9 Å². The van der Waals surface area contributed by atoms with Gasteiger partial charge in [0.05, 0.1) is 6.61 Å². The molecule has 0 radical (unpaired) electrons. The van der Waals surface area contributed by atoms with Gasteiger partial charge in [0.15, 0.2) is 11.5 Å². The molecule has 1 amide bonds. The van der Waals surface area contributed by atoms with Gasteiger partial charge in [-0.2, -0.15) is 0 Å². The molecule has 0 aliphatic carbocycles. The minimum absolute atomic E-state index is 0.169. The molecule has 1 aliphatic rings. The molecule has 0 bridgehead atoms. The largest absolute Gasteiger partial charge is 0.379 e. The average Bonchev–Trinajstić information content (AvgIpc) is 2.23. The van der Waals surface area contributed by atoms with Crippen molar-refractivity contribution in [3.8, 4) is 0 Å². The van der Waals surface area contributed by atoms with Crippen molar-refractivity contribution in [3.63, 3.8) is 0 Å². The molecule has 0 aromatic carbocycles. The van der Waals surface area contributed by atoms with Crippen LogP contribution in [0.1, 0.15) is 13.8 Å². The maximum atomic E-state index is 11.2. The van der Waals surface area contributed by atoms with Crippen molar-refractivity contribution in [2.45, 2.75) is 19.4 Å². The number of carbonyl (C=O) groups is 1. The number of nitrogens with zero attached hydrogens (tertiary/aromatic N) is 1. The highest BCUT2D eigenvalue weighted by Gasteiger charge is 2.38. The van der Waals surface area contributed by atoms with E-state index < -0.39 is 5.54 Å². The maximum Gasteiger partial charge on any atom is 0.256 e. The molecule has 5 nitrogen and oxygen atoms in total. The Morgan fingerprint density at radius 1 is 1.75 bits per heavy atom. The quantitative estimate of drug-likeness (QED) is 0.585. The molecule has 0 saturated heterocycles. The van der Waals surface area contributed by atoms with Crippen LogP contribution in [-0.4, -0.2) is 30.6 Å². The monoisotopic (exact) mass is 171 g/mol. The summed E-state index contributed by atoms with van der Waals surface area (Å²) in [7, 11) is 0. The Morgan fingerprint density at radius 2 is 2.42 bits per heavy atom. The summed E-state index contributed by atoms with van der Waals surface area (Å²) < 4.78 is 5.12. The number of nitrogens with one attached hydrogen (secondary N) is 1. The highest BCUT2D eigenvalue weighted by molar-refractivity contribution is 6.06. The lowest BCUT2D eigenvalue weighted by Gasteiger charge is -2.16. The van der Waals surface area contributed by atoms with Gasteiger partial charge in [-0.15, -0.1) is 0 Å². The van der Waals surface area contributed by atoms with Gasteiger partial charge in [0, 0.05) is 6.61 Å². The molecule has 1 atom stereocenters. The third kappa shape index (κ3) is 1.55. The van der Waals surface area contributed by atoms with E-state index in [2.05, 4.69) is 10.3 Å². The first kappa shape index (κ1) is 8.99. The average molecular weight is 171 g/mol. The number of rotatable bonds is 3. The second-order valence-electron chi connectivity index (χ2n) is 2.86. The van der Waals surface area contributed by atoms with Crippen LogP contribution in [0.25, 0.3) is 0 Å². The van der Waals surface area contributed by atoms with Crippen molar-refractivity contribution in [1.29, 1.82) is 0 Å². The molecular formula is C7H13N3O2. The number of amides is 1. The standard InChI is InChI=1S/C7H13N3O2/c1-3-12-4-7(2)5(11)9-6(8)10-7/h3-4H2,1-2H3,(H3,8,9,10,11). The molecule has 0 saturated carbocycles. The Kier molecular flexibility index (Phi) is 2.32. The molecule has 0 aromatic rings. The van der Waals surface area contributed by atoms with E-state index in [9.17, 15) is 4.79 Å². The van der Waals surface area contributed by atoms with Crippen LogP contribution in [0, 0.1) is 0 Å². The van der Waals surface area contributed by atoms with Crippen LogP contribution in [0.2, 0.25) is 0 Å². The topological polar surface area (TPSA) is 76.7 Å². The zero-order chi connectivity index (χ0) is 9.19. The summed E-state index contributed by atoms with van der Waals surface area (Å²) in [4.78, 5) is 15.2. The smallest absolute Gasteiger partial charge is 0.256 e. The zero-order valence-corrected chi connectivity index (χ0v) is 7.26. The number of hydrogen-bond acceptors (Lipinski definition) is 4. The van der Waals surface area contributed by atoms with Gasteiger partial charge in [-0.1, -0.05) is 0 Å². The van der Waals surface area contributed by atoms with Crippen molar-refractivity contribution < 1.29 is 9.53 Å². The van der Waals surface area contributed by atoms with Gasteiger partial charge >= 0.3 is 0 Å². The Bertz CT molecular complexity index is 227. The Morgan fingerprint density at radius 3 is 2.83 bits per heavy atom. The molecule has 1 aliphatic heterocycles. The molecule has 68 valence electrons. The first-order valence-electron chi connectivity index (χ1n) is 3.83. The number of carbonyl (C=O) groups excluding carboxylic acids is 1. The normalized spacial score (nSPS) is 28.5. The van der Waals surface area contributed by atoms with E-state index in [0.29, 0.717) is 6.61 Å². The summed E-state index contributed by atoms with van der Waals surface area (Å²) in [6, 6.07) is 0.